The molecule has 9 heteroatoms. The fraction of sp³-hybridized carbons (Fsp3) is 0.333. The number of aromatic nitrogens is 1. The van der Waals surface area contributed by atoms with Crippen LogP contribution in [0.3, 0.4) is 0 Å². The molecule has 0 radical (unpaired) electrons. The molecule has 0 unspecified atom stereocenters. The van der Waals surface area contributed by atoms with Crippen LogP contribution in [-0.4, -0.2) is 37.4 Å². The van der Waals surface area contributed by atoms with Gasteiger partial charge in [0.05, 0.1) is 20.4 Å². The first kappa shape index (κ1) is 20.6. The second-order valence-electron chi connectivity index (χ2n) is 7.13. The highest BCUT2D eigenvalue weighted by Crippen LogP contribution is 2.35. The Bertz CT molecular complexity index is 1300. The van der Waals surface area contributed by atoms with Crippen LogP contribution in [0, 0.1) is 0 Å². The maximum atomic E-state index is 12.8. The summed E-state index contributed by atoms with van der Waals surface area (Å²) >= 11 is 1.38. The van der Waals surface area contributed by atoms with Crippen molar-refractivity contribution in [2.75, 3.05) is 13.2 Å². The molecular formula is C21H22N2O5S2. The Hall–Kier alpha value is -2.65. The molecule has 0 bridgehead atoms. The zero-order valence-electron chi connectivity index (χ0n) is 16.9. The maximum Gasteiger partial charge on any atom is 0.279 e. The summed E-state index contributed by atoms with van der Waals surface area (Å²) in [7, 11) is -3.47. The molecule has 0 saturated carbocycles. The number of aryl methyl sites for hydroxylation is 1. The first-order valence-electron chi connectivity index (χ1n) is 9.67. The Morgan fingerprint density at radius 3 is 2.53 bits per heavy atom. The van der Waals surface area contributed by atoms with E-state index in [4.69, 9.17) is 9.47 Å². The molecule has 0 saturated heterocycles. The molecule has 0 atom stereocenters. The molecule has 4 rings (SSSR count). The van der Waals surface area contributed by atoms with E-state index in [9.17, 15) is 13.2 Å². The molecule has 7 nitrogen and oxygen atoms in total. The average Bonchev–Trinajstić information content (AvgIpc) is 3.07. The van der Waals surface area contributed by atoms with E-state index >= 15 is 0 Å². The monoisotopic (exact) mass is 446 g/mol. The lowest BCUT2D eigenvalue weighted by Crippen LogP contribution is -2.17. The predicted molar refractivity (Wildman–Crippen MR) is 115 cm³/mol. The molecular weight excluding hydrogens is 424 g/mol. The summed E-state index contributed by atoms with van der Waals surface area (Å²) in [6.07, 6.45) is 0. The molecule has 0 fully saturated rings. The zero-order valence-corrected chi connectivity index (χ0v) is 18.5. The summed E-state index contributed by atoms with van der Waals surface area (Å²) in [4.78, 5) is 17.8. The Morgan fingerprint density at radius 2 is 1.87 bits per heavy atom. The van der Waals surface area contributed by atoms with Crippen LogP contribution >= 0.6 is 11.3 Å². The van der Waals surface area contributed by atoms with Crippen LogP contribution in [0.2, 0.25) is 0 Å². The van der Waals surface area contributed by atoms with Crippen molar-refractivity contribution in [1.29, 1.82) is 0 Å². The molecule has 1 amide bonds. The van der Waals surface area contributed by atoms with Crippen LogP contribution in [-0.2, 0) is 16.4 Å². The Balaban J connectivity index is 1.79. The van der Waals surface area contributed by atoms with Gasteiger partial charge in [0.1, 0.15) is 13.2 Å². The fourth-order valence-electron chi connectivity index (χ4n) is 3.23. The lowest BCUT2D eigenvalue weighted by Gasteiger charge is -2.18. The van der Waals surface area contributed by atoms with Gasteiger partial charge in [0.25, 0.3) is 5.91 Å². The quantitative estimate of drug-likeness (QED) is 0.613. The van der Waals surface area contributed by atoms with Crippen molar-refractivity contribution >= 4 is 37.3 Å². The maximum absolute atomic E-state index is 12.8. The van der Waals surface area contributed by atoms with Crippen LogP contribution in [0.4, 0.5) is 0 Å². The van der Waals surface area contributed by atoms with E-state index in [2.05, 4.69) is 4.99 Å². The minimum absolute atomic E-state index is 0.125. The summed E-state index contributed by atoms with van der Waals surface area (Å²) in [6, 6.07) is 9.85. The first-order chi connectivity index (χ1) is 14.3. The third-order valence-corrected chi connectivity index (χ3v) is 8.08. The van der Waals surface area contributed by atoms with Gasteiger partial charge in [-0.3, -0.25) is 4.79 Å². The number of amides is 1. The number of thiazole rings is 1. The summed E-state index contributed by atoms with van der Waals surface area (Å²) in [6.45, 7) is 6.82. The molecule has 158 valence electrons. The SMILES string of the molecule is CCn1c(=NC(=O)c2cccc(S(=O)(=O)C(C)C)c2)sc2cc3c(cc21)OCCO3. The fourth-order valence-corrected chi connectivity index (χ4v) is 5.43. The highest BCUT2D eigenvalue weighted by atomic mass is 32.2. The van der Waals surface area contributed by atoms with Crippen molar-refractivity contribution in [2.24, 2.45) is 4.99 Å². The van der Waals surface area contributed by atoms with Crippen molar-refractivity contribution in [3.05, 3.63) is 46.8 Å². The summed E-state index contributed by atoms with van der Waals surface area (Å²) in [5, 5.41) is -0.569. The van der Waals surface area contributed by atoms with Gasteiger partial charge in [-0.1, -0.05) is 17.4 Å². The molecule has 1 aliphatic rings. The molecule has 2 heterocycles. The van der Waals surface area contributed by atoms with Crippen LogP contribution in [0.5, 0.6) is 11.5 Å². The molecule has 3 aromatic rings. The van der Waals surface area contributed by atoms with Gasteiger partial charge in [0.2, 0.25) is 0 Å². The molecule has 1 aromatic heterocycles. The van der Waals surface area contributed by atoms with Crippen molar-refractivity contribution in [3.8, 4) is 11.5 Å². The largest absolute Gasteiger partial charge is 0.486 e. The number of hydrogen-bond acceptors (Lipinski definition) is 6. The Kier molecular flexibility index (Phi) is 5.42. The van der Waals surface area contributed by atoms with Gasteiger partial charge >= 0.3 is 0 Å². The van der Waals surface area contributed by atoms with E-state index in [1.807, 2.05) is 23.6 Å². The molecule has 30 heavy (non-hydrogen) atoms. The van der Waals surface area contributed by atoms with Gasteiger partial charge in [-0.25, -0.2) is 8.42 Å². The van der Waals surface area contributed by atoms with Gasteiger partial charge in [-0.05, 0) is 39.0 Å². The molecule has 0 aliphatic carbocycles. The third-order valence-electron chi connectivity index (χ3n) is 4.89. The van der Waals surface area contributed by atoms with E-state index in [0.29, 0.717) is 36.1 Å². The average molecular weight is 447 g/mol. The number of benzene rings is 2. The number of ether oxygens (including phenoxy) is 2. The lowest BCUT2D eigenvalue weighted by atomic mass is 10.2. The minimum Gasteiger partial charge on any atom is -0.486 e. The van der Waals surface area contributed by atoms with E-state index in [1.54, 1.807) is 26.0 Å². The minimum atomic E-state index is -3.47. The predicted octanol–water partition coefficient (Wildman–Crippen LogP) is 3.42. The van der Waals surface area contributed by atoms with Gasteiger partial charge in [0.15, 0.2) is 26.1 Å². The number of rotatable bonds is 4. The van der Waals surface area contributed by atoms with E-state index < -0.39 is 21.0 Å². The van der Waals surface area contributed by atoms with E-state index in [1.165, 1.54) is 23.5 Å². The highest BCUT2D eigenvalue weighted by molar-refractivity contribution is 7.92. The number of carbonyl (C=O) groups is 1. The van der Waals surface area contributed by atoms with Crippen LogP contribution in [0.1, 0.15) is 31.1 Å². The zero-order chi connectivity index (χ0) is 21.5. The van der Waals surface area contributed by atoms with Gasteiger partial charge in [-0.2, -0.15) is 4.99 Å². The third kappa shape index (κ3) is 3.63. The van der Waals surface area contributed by atoms with Crippen molar-refractivity contribution < 1.29 is 22.7 Å². The van der Waals surface area contributed by atoms with Crippen LogP contribution in [0.25, 0.3) is 10.2 Å². The van der Waals surface area contributed by atoms with Crippen LogP contribution in [0.15, 0.2) is 46.3 Å². The van der Waals surface area contributed by atoms with Crippen LogP contribution < -0.4 is 14.3 Å². The first-order valence-corrected chi connectivity index (χ1v) is 12.0. The summed E-state index contributed by atoms with van der Waals surface area (Å²) < 4.78 is 39.1. The van der Waals surface area contributed by atoms with Gasteiger partial charge < -0.3 is 14.0 Å². The smallest absolute Gasteiger partial charge is 0.279 e. The summed E-state index contributed by atoms with van der Waals surface area (Å²) in [5.41, 5.74) is 1.15. The number of hydrogen-bond donors (Lipinski definition) is 0. The standard InChI is InChI=1S/C21H22N2O5S2/c1-4-23-16-11-17-18(28-9-8-27-17)12-19(16)29-21(23)22-20(24)14-6-5-7-15(10-14)30(25,26)13(2)3/h5-7,10-13H,4,8-9H2,1-3H3. The van der Waals surface area contributed by atoms with Crippen molar-refractivity contribution in [1.82, 2.24) is 4.57 Å². The van der Waals surface area contributed by atoms with E-state index in [0.717, 1.165) is 10.2 Å². The molecule has 1 aliphatic heterocycles. The number of carbonyl (C=O) groups excluding carboxylic acids is 1. The normalized spacial score (nSPS) is 14.5. The number of sulfone groups is 1. The lowest BCUT2D eigenvalue weighted by molar-refractivity contribution is 0.0997. The number of nitrogens with zero attached hydrogens (tertiary/aromatic N) is 2. The second-order valence-corrected chi connectivity index (χ2v) is 10.6. The van der Waals surface area contributed by atoms with Gasteiger partial charge in [-0.15, -0.1) is 0 Å². The topological polar surface area (TPSA) is 87.0 Å². The molecule has 2 aromatic carbocycles. The second kappa shape index (κ2) is 7.88. The highest BCUT2D eigenvalue weighted by Gasteiger charge is 2.21. The van der Waals surface area contributed by atoms with Crippen molar-refractivity contribution in [2.45, 2.75) is 37.5 Å². The molecule has 0 spiro atoms. The Morgan fingerprint density at radius 1 is 1.17 bits per heavy atom. The summed E-state index contributed by atoms with van der Waals surface area (Å²) in [5.74, 6) is 0.878. The van der Waals surface area contributed by atoms with Crippen molar-refractivity contribution in [3.63, 3.8) is 0 Å². The van der Waals surface area contributed by atoms with E-state index in [-0.39, 0.29) is 10.5 Å². The Labute approximate surface area is 178 Å². The van der Waals surface area contributed by atoms with Gasteiger partial charge in [0, 0.05) is 24.2 Å². The number of fused-ring (bicyclic) bond motifs is 2. The molecule has 0 N–H and O–H groups in total.